The van der Waals surface area contributed by atoms with E-state index in [0.717, 1.165) is 11.6 Å². The third-order valence-corrected chi connectivity index (χ3v) is 3.97. The van der Waals surface area contributed by atoms with E-state index in [2.05, 4.69) is 10.6 Å². The standard InChI is InChI=1S/C11H19N3O3S.ClH/c15-10(14-3-5-17-6-4-14)1-2-12-11(16)9-7-18-8-13-9;/h9,13H,1-8H2,(H,12,16);1H. The molecular weight excluding hydrogens is 290 g/mol. The number of carbonyl (C=O) groups excluding carboxylic acids is 2. The van der Waals surface area contributed by atoms with E-state index in [0.29, 0.717) is 39.3 Å². The fourth-order valence-corrected chi connectivity index (χ4v) is 2.89. The van der Waals surface area contributed by atoms with E-state index < -0.39 is 0 Å². The molecule has 0 aromatic carbocycles. The second-order valence-corrected chi connectivity index (χ2v) is 5.34. The third kappa shape index (κ3) is 5.18. The summed E-state index contributed by atoms with van der Waals surface area (Å²) in [5.74, 6) is 1.72. The van der Waals surface area contributed by atoms with Crippen LogP contribution >= 0.6 is 24.2 Å². The summed E-state index contributed by atoms with van der Waals surface area (Å²) in [7, 11) is 0. The van der Waals surface area contributed by atoms with Crippen molar-refractivity contribution < 1.29 is 14.3 Å². The fraction of sp³-hybridized carbons (Fsp3) is 0.818. The quantitative estimate of drug-likeness (QED) is 0.728. The summed E-state index contributed by atoms with van der Waals surface area (Å²) in [6, 6.07) is -0.103. The zero-order valence-corrected chi connectivity index (χ0v) is 12.4. The maximum absolute atomic E-state index is 11.8. The first-order chi connectivity index (χ1) is 8.77. The molecule has 2 aliphatic heterocycles. The zero-order valence-electron chi connectivity index (χ0n) is 10.7. The second-order valence-electron chi connectivity index (χ2n) is 4.31. The summed E-state index contributed by atoms with van der Waals surface area (Å²) in [4.78, 5) is 25.3. The second kappa shape index (κ2) is 8.63. The molecule has 0 saturated carbocycles. The number of ether oxygens (including phenoxy) is 1. The van der Waals surface area contributed by atoms with Gasteiger partial charge in [-0.1, -0.05) is 0 Å². The minimum absolute atomic E-state index is 0. The lowest BCUT2D eigenvalue weighted by Crippen LogP contribution is -2.45. The SMILES string of the molecule is Cl.O=C(NCCC(=O)N1CCOCC1)C1CSCN1. The van der Waals surface area contributed by atoms with E-state index in [1.807, 2.05) is 0 Å². The number of halogens is 1. The summed E-state index contributed by atoms with van der Waals surface area (Å²) in [6.45, 7) is 2.96. The Morgan fingerprint density at radius 1 is 1.37 bits per heavy atom. The molecule has 2 heterocycles. The van der Waals surface area contributed by atoms with Crippen molar-refractivity contribution in [2.75, 3.05) is 44.5 Å². The predicted molar refractivity (Wildman–Crippen MR) is 76.5 cm³/mol. The van der Waals surface area contributed by atoms with Gasteiger partial charge in [0.1, 0.15) is 0 Å². The van der Waals surface area contributed by atoms with Crippen molar-refractivity contribution >= 4 is 36.0 Å². The molecule has 0 aromatic rings. The minimum atomic E-state index is -0.103. The van der Waals surface area contributed by atoms with Gasteiger partial charge < -0.3 is 15.0 Å². The summed E-state index contributed by atoms with van der Waals surface area (Å²) in [5, 5.41) is 5.90. The van der Waals surface area contributed by atoms with E-state index in [4.69, 9.17) is 4.74 Å². The molecule has 2 amide bonds. The van der Waals surface area contributed by atoms with Crippen LogP contribution in [0.2, 0.25) is 0 Å². The third-order valence-electron chi connectivity index (χ3n) is 3.03. The number of nitrogens with zero attached hydrogens (tertiary/aromatic N) is 1. The number of amides is 2. The highest BCUT2D eigenvalue weighted by molar-refractivity contribution is 7.99. The molecule has 110 valence electrons. The Hall–Kier alpha value is -0.500. The number of hydrogen-bond donors (Lipinski definition) is 2. The molecule has 2 rings (SSSR count). The van der Waals surface area contributed by atoms with Crippen LogP contribution in [-0.2, 0) is 14.3 Å². The Bertz CT molecular complexity index is 308. The van der Waals surface area contributed by atoms with Crippen LogP contribution in [0, 0.1) is 0 Å². The van der Waals surface area contributed by atoms with Crippen molar-refractivity contribution in [3.05, 3.63) is 0 Å². The molecule has 2 N–H and O–H groups in total. The van der Waals surface area contributed by atoms with Crippen molar-refractivity contribution in [1.29, 1.82) is 0 Å². The van der Waals surface area contributed by atoms with Gasteiger partial charge in [-0.2, -0.15) is 0 Å². The van der Waals surface area contributed by atoms with Crippen LogP contribution in [0.3, 0.4) is 0 Å². The van der Waals surface area contributed by atoms with Gasteiger partial charge in [0.05, 0.1) is 19.3 Å². The number of rotatable bonds is 4. The van der Waals surface area contributed by atoms with Crippen LogP contribution in [0.4, 0.5) is 0 Å². The molecule has 19 heavy (non-hydrogen) atoms. The molecule has 0 aliphatic carbocycles. The lowest BCUT2D eigenvalue weighted by atomic mass is 10.3. The monoisotopic (exact) mass is 309 g/mol. The number of hydrogen-bond acceptors (Lipinski definition) is 5. The van der Waals surface area contributed by atoms with E-state index >= 15 is 0 Å². The molecular formula is C11H20ClN3O3S. The highest BCUT2D eigenvalue weighted by atomic mass is 35.5. The van der Waals surface area contributed by atoms with Crippen molar-refractivity contribution in [2.24, 2.45) is 0 Å². The molecule has 6 nitrogen and oxygen atoms in total. The molecule has 2 fully saturated rings. The van der Waals surface area contributed by atoms with Gasteiger partial charge >= 0.3 is 0 Å². The first kappa shape index (κ1) is 16.6. The largest absolute Gasteiger partial charge is 0.378 e. The lowest BCUT2D eigenvalue weighted by Gasteiger charge is -2.26. The van der Waals surface area contributed by atoms with Gasteiger partial charge in [-0.15, -0.1) is 24.2 Å². The molecule has 0 spiro atoms. The zero-order chi connectivity index (χ0) is 12.8. The summed E-state index contributed by atoms with van der Waals surface area (Å²) in [5.41, 5.74) is 0. The molecule has 0 bridgehead atoms. The van der Waals surface area contributed by atoms with Crippen LogP contribution in [0.25, 0.3) is 0 Å². The highest BCUT2D eigenvalue weighted by Crippen LogP contribution is 2.09. The summed E-state index contributed by atoms with van der Waals surface area (Å²) < 4.78 is 5.19. The van der Waals surface area contributed by atoms with Crippen LogP contribution in [-0.4, -0.2) is 67.2 Å². The van der Waals surface area contributed by atoms with Crippen LogP contribution < -0.4 is 10.6 Å². The highest BCUT2D eigenvalue weighted by Gasteiger charge is 2.22. The van der Waals surface area contributed by atoms with Gasteiger partial charge in [0.2, 0.25) is 11.8 Å². The average Bonchev–Trinajstić information content (AvgIpc) is 2.93. The summed E-state index contributed by atoms with van der Waals surface area (Å²) >= 11 is 1.71. The fourth-order valence-electron chi connectivity index (χ4n) is 1.95. The first-order valence-electron chi connectivity index (χ1n) is 6.22. The predicted octanol–water partition coefficient (Wildman–Crippen LogP) is -0.564. The van der Waals surface area contributed by atoms with Crippen molar-refractivity contribution in [1.82, 2.24) is 15.5 Å². The Balaban J connectivity index is 0.00000180. The van der Waals surface area contributed by atoms with Crippen molar-refractivity contribution in [3.63, 3.8) is 0 Å². The van der Waals surface area contributed by atoms with Crippen LogP contribution in [0.1, 0.15) is 6.42 Å². The maximum atomic E-state index is 11.8. The van der Waals surface area contributed by atoms with Crippen LogP contribution in [0.15, 0.2) is 0 Å². The molecule has 0 radical (unpaired) electrons. The number of nitrogens with one attached hydrogen (secondary N) is 2. The van der Waals surface area contributed by atoms with E-state index in [9.17, 15) is 9.59 Å². The Labute approximate surface area is 123 Å². The smallest absolute Gasteiger partial charge is 0.238 e. The number of carbonyl (C=O) groups is 2. The van der Waals surface area contributed by atoms with Crippen molar-refractivity contribution in [3.8, 4) is 0 Å². The Morgan fingerprint density at radius 2 is 2.11 bits per heavy atom. The number of thioether (sulfide) groups is 1. The topological polar surface area (TPSA) is 70.7 Å². The van der Waals surface area contributed by atoms with E-state index in [1.54, 1.807) is 16.7 Å². The molecule has 2 aliphatic rings. The molecule has 0 aromatic heterocycles. The van der Waals surface area contributed by atoms with E-state index in [-0.39, 0.29) is 30.3 Å². The van der Waals surface area contributed by atoms with Crippen molar-refractivity contribution in [2.45, 2.75) is 12.5 Å². The van der Waals surface area contributed by atoms with Gasteiger partial charge in [0, 0.05) is 37.7 Å². The summed E-state index contributed by atoms with van der Waals surface area (Å²) in [6.07, 6.45) is 0.367. The van der Waals surface area contributed by atoms with E-state index in [1.165, 1.54) is 0 Å². The molecule has 1 unspecified atom stereocenters. The first-order valence-corrected chi connectivity index (χ1v) is 7.37. The van der Waals surface area contributed by atoms with Crippen LogP contribution in [0.5, 0.6) is 0 Å². The Morgan fingerprint density at radius 3 is 2.74 bits per heavy atom. The van der Waals surface area contributed by atoms with Gasteiger partial charge in [0.25, 0.3) is 0 Å². The van der Waals surface area contributed by atoms with Gasteiger partial charge in [-0.05, 0) is 0 Å². The molecule has 1 atom stereocenters. The molecule has 2 saturated heterocycles. The maximum Gasteiger partial charge on any atom is 0.238 e. The minimum Gasteiger partial charge on any atom is -0.378 e. The number of morpholine rings is 1. The Kier molecular flexibility index (Phi) is 7.52. The van der Waals surface area contributed by atoms with Gasteiger partial charge in [-0.3, -0.25) is 14.9 Å². The lowest BCUT2D eigenvalue weighted by molar-refractivity contribution is -0.135. The normalized spacial score (nSPS) is 22.7. The molecule has 8 heteroatoms. The van der Waals surface area contributed by atoms with Gasteiger partial charge in [-0.25, -0.2) is 0 Å². The average molecular weight is 310 g/mol. The van der Waals surface area contributed by atoms with Gasteiger partial charge in [0.15, 0.2) is 0 Å².